The summed E-state index contributed by atoms with van der Waals surface area (Å²) in [6.07, 6.45) is -6.30. The van der Waals surface area contributed by atoms with Crippen molar-refractivity contribution in [2.45, 2.75) is 37.0 Å². The molecule has 10 heteroatoms. The van der Waals surface area contributed by atoms with Gasteiger partial charge in [0, 0.05) is 32.4 Å². The van der Waals surface area contributed by atoms with Gasteiger partial charge in [-0.05, 0) is 24.5 Å². The molecule has 1 aromatic heterocycles. The van der Waals surface area contributed by atoms with Crippen LogP contribution in [0.5, 0.6) is 0 Å². The van der Waals surface area contributed by atoms with E-state index in [0.717, 1.165) is 6.07 Å². The second-order valence-corrected chi connectivity index (χ2v) is 7.23. The molecule has 5 atom stereocenters. The number of aromatic nitrogens is 1. The van der Waals surface area contributed by atoms with Gasteiger partial charge in [-0.1, -0.05) is 0 Å². The van der Waals surface area contributed by atoms with E-state index >= 15 is 0 Å². The van der Waals surface area contributed by atoms with Crippen molar-refractivity contribution < 1.29 is 33.6 Å². The first-order chi connectivity index (χ1) is 12.7. The molecule has 0 aromatic carbocycles. The van der Waals surface area contributed by atoms with Crippen molar-refractivity contribution in [2.24, 2.45) is 5.92 Å². The number of aliphatic hydroxyl groups is 4. The fraction of sp³-hybridized carbons (Fsp3) is 0.706. The van der Waals surface area contributed by atoms with Crippen LogP contribution in [0.3, 0.4) is 0 Å². The standard InChI is InChI=1S/C17H24F3N3O4/c18-17(19,20)11-2-1-4-21-16(11)22-5-3-10(6-22)7-23-8-13(25)15(27)14(26)12(23)9-24/h1-2,4,10,12-15,24-27H,3,5-9H2. The van der Waals surface area contributed by atoms with Crippen molar-refractivity contribution >= 4 is 5.82 Å². The van der Waals surface area contributed by atoms with Gasteiger partial charge in [0.1, 0.15) is 18.0 Å². The molecule has 5 unspecified atom stereocenters. The summed E-state index contributed by atoms with van der Waals surface area (Å²) in [5.74, 6) is -0.114. The van der Waals surface area contributed by atoms with Gasteiger partial charge in [-0.2, -0.15) is 13.2 Å². The first-order valence-corrected chi connectivity index (χ1v) is 8.88. The molecule has 7 nitrogen and oxygen atoms in total. The van der Waals surface area contributed by atoms with Crippen LogP contribution in [-0.2, 0) is 6.18 Å². The summed E-state index contributed by atoms with van der Waals surface area (Å²) in [5.41, 5.74) is -0.772. The first kappa shape index (κ1) is 20.3. The number of alkyl halides is 3. The molecule has 2 aliphatic rings. The third-order valence-corrected chi connectivity index (χ3v) is 5.39. The Kier molecular flexibility index (Phi) is 5.92. The second kappa shape index (κ2) is 7.88. The van der Waals surface area contributed by atoms with E-state index in [2.05, 4.69) is 4.98 Å². The van der Waals surface area contributed by atoms with E-state index in [4.69, 9.17) is 0 Å². The lowest BCUT2D eigenvalue weighted by Gasteiger charge is -2.44. The summed E-state index contributed by atoms with van der Waals surface area (Å²) in [6, 6.07) is 1.54. The number of anilines is 1. The molecule has 4 N–H and O–H groups in total. The van der Waals surface area contributed by atoms with Crippen molar-refractivity contribution in [2.75, 3.05) is 37.7 Å². The van der Waals surface area contributed by atoms with E-state index in [1.807, 2.05) is 0 Å². The lowest BCUT2D eigenvalue weighted by atomic mass is 9.93. The van der Waals surface area contributed by atoms with Crippen LogP contribution in [-0.4, -0.2) is 87.4 Å². The molecule has 0 amide bonds. The summed E-state index contributed by atoms with van der Waals surface area (Å²) in [5, 5.41) is 39.2. The number of pyridine rings is 1. The molecule has 0 bridgehead atoms. The fourth-order valence-electron chi connectivity index (χ4n) is 3.96. The monoisotopic (exact) mass is 391 g/mol. The molecule has 0 spiro atoms. The van der Waals surface area contributed by atoms with Gasteiger partial charge < -0.3 is 25.3 Å². The van der Waals surface area contributed by atoms with Gasteiger partial charge in [-0.3, -0.25) is 4.90 Å². The van der Waals surface area contributed by atoms with E-state index in [1.54, 1.807) is 9.80 Å². The fourth-order valence-corrected chi connectivity index (χ4v) is 3.96. The highest BCUT2D eigenvalue weighted by molar-refractivity contribution is 5.49. The Morgan fingerprint density at radius 3 is 2.56 bits per heavy atom. The maximum Gasteiger partial charge on any atom is 0.419 e. The largest absolute Gasteiger partial charge is 0.419 e. The van der Waals surface area contributed by atoms with Gasteiger partial charge >= 0.3 is 6.18 Å². The molecule has 2 aliphatic heterocycles. The van der Waals surface area contributed by atoms with E-state index in [9.17, 15) is 33.6 Å². The van der Waals surface area contributed by atoms with Crippen LogP contribution in [0.2, 0.25) is 0 Å². The lowest BCUT2D eigenvalue weighted by molar-refractivity contribution is -0.147. The Bertz CT molecular complexity index is 648. The number of β-amino-alcohol motifs (C(OH)–C–C–N with tert-alkyl or cyclic N) is 1. The summed E-state index contributed by atoms with van der Waals surface area (Å²) < 4.78 is 39.6. The number of nitrogens with zero attached hydrogens (tertiary/aromatic N) is 3. The zero-order chi connectivity index (χ0) is 19.8. The van der Waals surface area contributed by atoms with E-state index in [1.165, 1.54) is 12.3 Å². The smallest absolute Gasteiger partial charge is 0.395 e. The average Bonchev–Trinajstić information content (AvgIpc) is 3.08. The minimum Gasteiger partial charge on any atom is -0.395 e. The number of piperidine rings is 1. The van der Waals surface area contributed by atoms with Crippen LogP contribution in [0.15, 0.2) is 18.3 Å². The van der Waals surface area contributed by atoms with Gasteiger partial charge in [-0.25, -0.2) is 4.98 Å². The number of hydrogen-bond donors (Lipinski definition) is 4. The Labute approximate surface area is 154 Å². The third kappa shape index (κ3) is 4.19. The SMILES string of the molecule is OCC1C(O)C(O)C(O)CN1CC1CCN(c2ncccc2C(F)(F)F)C1. The number of halogens is 3. The normalized spacial score (nSPS) is 32.9. The third-order valence-electron chi connectivity index (χ3n) is 5.39. The molecular formula is C17H24F3N3O4. The number of rotatable bonds is 4. The molecule has 152 valence electrons. The highest BCUT2D eigenvalue weighted by Crippen LogP contribution is 2.37. The molecule has 0 radical (unpaired) electrons. The summed E-state index contributed by atoms with van der Waals surface area (Å²) in [6.45, 7) is 0.841. The topological polar surface area (TPSA) is 100 Å². The predicted octanol–water partition coefficient (Wildman–Crippen LogP) is -0.314. The molecule has 2 fully saturated rings. The van der Waals surface area contributed by atoms with Crippen molar-refractivity contribution in [1.82, 2.24) is 9.88 Å². The van der Waals surface area contributed by atoms with Crippen molar-refractivity contribution in [1.29, 1.82) is 0 Å². The molecular weight excluding hydrogens is 367 g/mol. The molecule has 1 aromatic rings. The quantitative estimate of drug-likeness (QED) is 0.559. The summed E-state index contributed by atoms with van der Waals surface area (Å²) in [7, 11) is 0. The second-order valence-electron chi connectivity index (χ2n) is 7.23. The van der Waals surface area contributed by atoms with Crippen molar-refractivity contribution in [3.63, 3.8) is 0 Å². The zero-order valence-electron chi connectivity index (χ0n) is 14.6. The minimum atomic E-state index is -4.49. The van der Waals surface area contributed by atoms with Crippen LogP contribution in [0, 0.1) is 5.92 Å². The zero-order valence-corrected chi connectivity index (χ0v) is 14.6. The van der Waals surface area contributed by atoms with E-state index < -0.39 is 36.1 Å². The first-order valence-electron chi connectivity index (χ1n) is 8.88. The average molecular weight is 391 g/mol. The van der Waals surface area contributed by atoms with Gasteiger partial charge in [0.25, 0.3) is 0 Å². The van der Waals surface area contributed by atoms with Gasteiger partial charge in [0.2, 0.25) is 0 Å². The Balaban J connectivity index is 1.69. The molecule has 0 aliphatic carbocycles. The molecule has 0 saturated carbocycles. The van der Waals surface area contributed by atoms with Gasteiger partial charge in [0.05, 0.1) is 24.3 Å². The Morgan fingerprint density at radius 2 is 1.89 bits per heavy atom. The van der Waals surface area contributed by atoms with Gasteiger partial charge in [-0.15, -0.1) is 0 Å². The predicted molar refractivity (Wildman–Crippen MR) is 90.0 cm³/mol. The summed E-state index contributed by atoms with van der Waals surface area (Å²) >= 11 is 0. The Hall–Kier alpha value is -1.46. The molecule has 27 heavy (non-hydrogen) atoms. The Morgan fingerprint density at radius 1 is 1.15 bits per heavy atom. The van der Waals surface area contributed by atoms with Crippen LogP contribution in [0.25, 0.3) is 0 Å². The highest BCUT2D eigenvalue weighted by atomic mass is 19.4. The van der Waals surface area contributed by atoms with Crippen LogP contribution < -0.4 is 4.90 Å². The molecule has 3 heterocycles. The maximum absolute atomic E-state index is 13.2. The number of likely N-dealkylation sites (tertiary alicyclic amines) is 1. The number of hydrogen-bond acceptors (Lipinski definition) is 7. The molecule has 3 rings (SSSR count). The lowest BCUT2D eigenvalue weighted by Crippen LogP contribution is -2.63. The summed E-state index contributed by atoms with van der Waals surface area (Å²) in [4.78, 5) is 7.20. The van der Waals surface area contributed by atoms with Crippen LogP contribution >= 0.6 is 0 Å². The van der Waals surface area contributed by atoms with E-state index in [-0.39, 0.29) is 24.9 Å². The van der Waals surface area contributed by atoms with Gasteiger partial charge in [0.15, 0.2) is 0 Å². The highest BCUT2D eigenvalue weighted by Gasteiger charge is 2.43. The van der Waals surface area contributed by atoms with E-state index in [0.29, 0.717) is 26.1 Å². The maximum atomic E-state index is 13.2. The number of aliphatic hydroxyl groups excluding tert-OH is 4. The molecule has 2 saturated heterocycles. The van der Waals surface area contributed by atoms with Crippen LogP contribution in [0.4, 0.5) is 19.0 Å². The van der Waals surface area contributed by atoms with Crippen LogP contribution in [0.1, 0.15) is 12.0 Å². The van der Waals surface area contributed by atoms with Crippen molar-refractivity contribution in [3.05, 3.63) is 23.9 Å². The minimum absolute atomic E-state index is 0.0169. The van der Waals surface area contributed by atoms with Crippen molar-refractivity contribution in [3.8, 4) is 0 Å².